The number of rotatable bonds is 3. The number of halogens is 1. The van der Waals surface area contributed by atoms with Crippen LogP contribution in [0.25, 0.3) is 5.69 Å². The van der Waals surface area contributed by atoms with Gasteiger partial charge in [0.2, 0.25) is 0 Å². The van der Waals surface area contributed by atoms with E-state index >= 15 is 0 Å². The minimum atomic E-state index is -0.639. The molecule has 1 saturated carbocycles. The monoisotopic (exact) mass is 288 g/mol. The average molecular weight is 288 g/mol. The van der Waals surface area contributed by atoms with Crippen molar-refractivity contribution in [2.45, 2.75) is 32.7 Å². The summed E-state index contributed by atoms with van der Waals surface area (Å²) < 4.78 is 16.3. The van der Waals surface area contributed by atoms with E-state index in [1.54, 1.807) is 25.3 Å². The second-order valence-corrected chi connectivity index (χ2v) is 5.66. The van der Waals surface area contributed by atoms with Crippen LogP contribution in [0.15, 0.2) is 40.2 Å². The van der Waals surface area contributed by atoms with Gasteiger partial charge in [-0.1, -0.05) is 12.5 Å². The van der Waals surface area contributed by atoms with Crippen molar-refractivity contribution in [2.75, 3.05) is 0 Å². The number of benzene rings is 1. The SMILES string of the molecule is Cc1ccc(-n2ccn(CC3CCC3)c(=O)c2=O)cc1F. The van der Waals surface area contributed by atoms with Gasteiger partial charge in [0.25, 0.3) is 0 Å². The largest absolute Gasteiger partial charge is 0.320 e. The molecule has 3 rings (SSSR count). The Morgan fingerprint density at radius 2 is 1.95 bits per heavy atom. The first-order chi connectivity index (χ1) is 10.1. The van der Waals surface area contributed by atoms with Crippen molar-refractivity contribution in [1.29, 1.82) is 0 Å². The van der Waals surface area contributed by atoms with Crippen molar-refractivity contribution >= 4 is 0 Å². The third-order valence-electron chi connectivity index (χ3n) is 4.17. The van der Waals surface area contributed by atoms with Crippen molar-refractivity contribution in [3.05, 3.63) is 62.7 Å². The fraction of sp³-hybridized carbons (Fsp3) is 0.375. The Morgan fingerprint density at radius 1 is 1.19 bits per heavy atom. The van der Waals surface area contributed by atoms with Gasteiger partial charge in [0.05, 0.1) is 5.69 Å². The molecule has 0 amide bonds. The standard InChI is InChI=1S/C16H17FN2O2/c1-11-5-6-13(9-14(11)17)19-8-7-18(15(20)16(19)21)10-12-3-2-4-12/h5-9,12H,2-4,10H2,1H3. The van der Waals surface area contributed by atoms with Crippen molar-refractivity contribution in [1.82, 2.24) is 9.13 Å². The van der Waals surface area contributed by atoms with Crippen LogP contribution in [-0.2, 0) is 6.54 Å². The van der Waals surface area contributed by atoms with E-state index in [1.165, 1.54) is 27.8 Å². The first-order valence-electron chi connectivity index (χ1n) is 7.15. The number of nitrogens with zero attached hydrogens (tertiary/aromatic N) is 2. The molecule has 0 bridgehead atoms. The summed E-state index contributed by atoms with van der Waals surface area (Å²) in [5.41, 5.74) is -0.313. The Hall–Kier alpha value is -2.17. The number of aryl methyl sites for hydroxylation is 1. The molecule has 1 heterocycles. The van der Waals surface area contributed by atoms with Crippen LogP contribution < -0.4 is 11.1 Å². The predicted octanol–water partition coefficient (Wildman–Crippen LogP) is 2.25. The molecule has 0 unspecified atom stereocenters. The van der Waals surface area contributed by atoms with Gasteiger partial charge in [0.1, 0.15) is 5.82 Å². The lowest BCUT2D eigenvalue weighted by Crippen LogP contribution is -2.41. The zero-order valence-electron chi connectivity index (χ0n) is 11.9. The Labute approximate surface area is 121 Å². The summed E-state index contributed by atoms with van der Waals surface area (Å²) in [5, 5.41) is 0. The maximum atomic E-state index is 13.6. The molecular formula is C16H17FN2O2. The lowest BCUT2D eigenvalue weighted by atomic mass is 9.85. The molecule has 0 radical (unpaired) electrons. The van der Waals surface area contributed by atoms with E-state index < -0.39 is 16.9 Å². The van der Waals surface area contributed by atoms with Crippen molar-refractivity contribution in [2.24, 2.45) is 5.92 Å². The van der Waals surface area contributed by atoms with E-state index in [1.807, 2.05) is 0 Å². The molecule has 110 valence electrons. The zero-order chi connectivity index (χ0) is 15.0. The quantitative estimate of drug-likeness (QED) is 0.813. The summed E-state index contributed by atoms with van der Waals surface area (Å²) in [4.78, 5) is 24.3. The highest BCUT2D eigenvalue weighted by atomic mass is 19.1. The Balaban J connectivity index is 2.00. The van der Waals surface area contributed by atoms with Gasteiger partial charge in [-0.2, -0.15) is 0 Å². The summed E-state index contributed by atoms with van der Waals surface area (Å²) in [6, 6.07) is 4.50. The summed E-state index contributed by atoms with van der Waals surface area (Å²) in [5.74, 6) is 0.104. The van der Waals surface area contributed by atoms with E-state index in [-0.39, 0.29) is 0 Å². The number of aromatic nitrogens is 2. The molecule has 0 aliphatic heterocycles. The van der Waals surface area contributed by atoms with Crippen LogP contribution in [0.3, 0.4) is 0 Å². The third-order valence-corrected chi connectivity index (χ3v) is 4.17. The van der Waals surface area contributed by atoms with Crippen molar-refractivity contribution in [3.8, 4) is 5.69 Å². The molecular weight excluding hydrogens is 271 g/mol. The minimum absolute atomic E-state index is 0.371. The van der Waals surface area contributed by atoms with E-state index in [0.717, 1.165) is 12.8 Å². The molecule has 0 spiro atoms. The number of hydrogen-bond acceptors (Lipinski definition) is 2. The maximum absolute atomic E-state index is 13.6. The van der Waals surface area contributed by atoms with Crippen molar-refractivity contribution in [3.63, 3.8) is 0 Å². The van der Waals surface area contributed by atoms with Crippen LogP contribution >= 0.6 is 0 Å². The van der Waals surface area contributed by atoms with Gasteiger partial charge in [-0.25, -0.2) is 4.39 Å². The highest BCUT2D eigenvalue weighted by Gasteiger charge is 2.19. The summed E-state index contributed by atoms with van der Waals surface area (Å²) in [6.07, 6.45) is 6.56. The topological polar surface area (TPSA) is 44.0 Å². The van der Waals surface area contributed by atoms with Crippen LogP contribution in [0.4, 0.5) is 4.39 Å². The van der Waals surface area contributed by atoms with Gasteiger partial charge < -0.3 is 4.57 Å². The molecule has 5 heteroatoms. The molecule has 1 aliphatic carbocycles. The summed E-state index contributed by atoms with van der Waals surface area (Å²) in [6.45, 7) is 2.25. The Morgan fingerprint density at radius 3 is 2.57 bits per heavy atom. The maximum Gasteiger partial charge on any atom is 0.320 e. The van der Waals surface area contributed by atoms with E-state index in [2.05, 4.69) is 0 Å². The fourth-order valence-electron chi connectivity index (χ4n) is 2.54. The molecule has 21 heavy (non-hydrogen) atoms. The second-order valence-electron chi connectivity index (χ2n) is 5.66. The average Bonchev–Trinajstić information content (AvgIpc) is 2.42. The predicted molar refractivity (Wildman–Crippen MR) is 78.3 cm³/mol. The van der Waals surface area contributed by atoms with E-state index in [0.29, 0.717) is 23.7 Å². The van der Waals surface area contributed by atoms with Crippen LogP contribution in [0.2, 0.25) is 0 Å². The molecule has 1 aliphatic rings. The minimum Gasteiger partial charge on any atom is -0.309 e. The van der Waals surface area contributed by atoms with Crippen LogP contribution in [0.5, 0.6) is 0 Å². The third kappa shape index (κ3) is 2.55. The summed E-state index contributed by atoms with van der Waals surface area (Å²) >= 11 is 0. The van der Waals surface area contributed by atoms with Gasteiger partial charge in [0.15, 0.2) is 0 Å². The van der Waals surface area contributed by atoms with Crippen molar-refractivity contribution < 1.29 is 4.39 Å². The lowest BCUT2D eigenvalue weighted by molar-refractivity contribution is 0.272. The fourth-order valence-corrected chi connectivity index (χ4v) is 2.54. The summed E-state index contributed by atoms with van der Waals surface area (Å²) in [7, 11) is 0. The van der Waals surface area contributed by atoms with Gasteiger partial charge in [0, 0.05) is 18.9 Å². The normalized spacial score (nSPS) is 15.0. The second kappa shape index (κ2) is 5.31. The lowest BCUT2D eigenvalue weighted by Gasteiger charge is -2.25. The molecule has 1 aromatic heterocycles. The van der Waals surface area contributed by atoms with Gasteiger partial charge in [-0.05, 0) is 43.4 Å². The molecule has 4 nitrogen and oxygen atoms in total. The zero-order valence-corrected chi connectivity index (χ0v) is 11.9. The molecule has 0 N–H and O–H groups in total. The van der Waals surface area contributed by atoms with Crippen LogP contribution in [0, 0.1) is 18.7 Å². The highest BCUT2D eigenvalue weighted by Crippen LogP contribution is 2.27. The Kier molecular flexibility index (Phi) is 3.49. The molecule has 1 aromatic carbocycles. The van der Waals surface area contributed by atoms with Gasteiger partial charge >= 0.3 is 11.1 Å². The number of hydrogen-bond donors (Lipinski definition) is 0. The molecule has 2 aromatic rings. The first-order valence-corrected chi connectivity index (χ1v) is 7.15. The van der Waals surface area contributed by atoms with Crippen LogP contribution in [-0.4, -0.2) is 9.13 Å². The van der Waals surface area contributed by atoms with Gasteiger partial charge in [-0.3, -0.25) is 14.2 Å². The molecule has 1 fully saturated rings. The van der Waals surface area contributed by atoms with E-state index in [4.69, 9.17) is 0 Å². The smallest absolute Gasteiger partial charge is 0.309 e. The van der Waals surface area contributed by atoms with E-state index in [9.17, 15) is 14.0 Å². The molecule has 0 saturated heterocycles. The van der Waals surface area contributed by atoms with Crippen LogP contribution in [0.1, 0.15) is 24.8 Å². The molecule has 0 atom stereocenters. The van der Waals surface area contributed by atoms with Gasteiger partial charge in [-0.15, -0.1) is 0 Å². The highest BCUT2D eigenvalue weighted by molar-refractivity contribution is 5.35. The first kappa shape index (κ1) is 13.8. The Bertz CT molecular complexity index is 788.